The molecule has 4 nitrogen and oxygen atoms in total. The van der Waals surface area contributed by atoms with Crippen LogP contribution in [0.25, 0.3) is 0 Å². The van der Waals surface area contributed by atoms with Crippen LogP contribution in [0.3, 0.4) is 0 Å². The number of amides is 2. The Morgan fingerprint density at radius 3 is 2.22 bits per heavy atom. The van der Waals surface area contributed by atoms with Crippen molar-refractivity contribution in [3.63, 3.8) is 0 Å². The van der Waals surface area contributed by atoms with Gasteiger partial charge in [0.25, 0.3) is 0 Å². The van der Waals surface area contributed by atoms with Crippen molar-refractivity contribution in [3.05, 3.63) is 41.7 Å². The van der Waals surface area contributed by atoms with Crippen molar-refractivity contribution in [1.82, 2.24) is 0 Å². The zero-order chi connectivity index (χ0) is 15.9. The highest BCUT2D eigenvalue weighted by Gasteiger charge is 2.67. The summed E-state index contributed by atoms with van der Waals surface area (Å²) in [6.07, 6.45) is 5.27. The van der Waals surface area contributed by atoms with Gasteiger partial charge in [-0.3, -0.25) is 9.59 Å². The third-order valence-electron chi connectivity index (χ3n) is 5.98. The van der Waals surface area contributed by atoms with E-state index in [-0.39, 0.29) is 46.7 Å². The number of allylic oxidation sites excluding steroid dienone is 2. The van der Waals surface area contributed by atoms with E-state index in [1.165, 1.54) is 12.1 Å². The maximum absolute atomic E-state index is 14.3. The molecule has 3 fully saturated rings. The van der Waals surface area contributed by atoms with E-state index in [9.17, 15) is 14.0 Å². The van der Waals surface area contributed by atoms with Crippen LogP contribution < -0.4 is 4.90 Å². The molecule has 2 unspecified atom stereocenters. The molecule has 23 heavy (non-hydrogen) atoms. The minimum absolute atomic E-state index is 0.0264. The van der Waals surface area contributed by atoms with Crippen LogP contribution in [0.15, 0.2) is 30.4 Å². The van der Waals surface area contributed by atoms with Crippen LogP contribution in [0.2, 0.25) is 0 Å². The zero-order valence-electron chi connectivity index (χ0n) is 12.1. The number of hydrogen-bond donors (Lipinski definition) is 0. The minimum Gasteiger partial charge on any atom is -0.274 e. The number of hydrogen-bond acceptors (Lipinski definition) is 3. The molecule has 2 saturated carbocycles. The molecule has 1 aliphatic heterocycles. The molecule has 6 rings (SSSR count). The molecule has 0 aromatic heterocycles. The van der Waals surface area contributed by atoms with E-state index < -0.39 is 5.82 Å². The average Bonchev–Trinajstić information content (AvgIpc) is 3.33. The van der Waals surface area contributed by atoms with Gasteiger partial charge in [0.05, 0.1) is 29.2 Å². The van der Waals surface area contributed by atoms with Gasteiger partial charge in [0, 0.05) is 0 Å². The number of benzene rings is 1. The summed E-state index contributed by atoms with van der Waals surface area (Å²) in [6, 6.07) is 5.72. The molecular formula is C18H13FN2O2. The highest BCUT2D eigenvalue weighted by Crippen LogP contribution is 2.65. The smallest absolute Gasteiger partial charge is 0.238 e. The summed E-state index contributed by atoms with van der Waals surface area (Å²) in [5.41, 5.74) is 0.146. The quantitative estimate of drug-likeness (QED) is 0.590. The Bertz CT molecular complexity index is 804. The van der Waals surface area contributed by atoms with E-state index in [4.69, 9.17) is 5.26 Å². The monoisotopic (exact) mass is 308 g/mol. The molecule has 0 radical (unpaired) electrons. The first-order valence-corrected chi connectivity index (χ1v) is 7.87. The zero-order valence-corrected chi connectivity index (χ0v) is 12.1. The van der Waals surface area contributed by atoms with Crippen molar-refractivity contribution in [1.29, 1.82) is 5.26 Å². The number of halogens is 1. The molecule has 0 spiro atoms. The molecule has 0 N–H and O–H groups in total. The summed E-state index contributed by atoms with van der Waals surface area (Å²) in [4.78, 5) is 26.7. The van der Waals surface area contributed by atoms with Crippen LogP contribution in [0.5, 0.6) is 0 Å². The molecule has 1 aromatic carbocycles. The van der Waals surface area contributed by atoms with Crippen LogP contribution in [0.4, 0.5) is 10.1 Å². The van der Waals surface area contributed by atoms with Gasteiger partial charge in [-0.05, 0) is 48.3 Å². The highest BCUT2D eigenvalue weighted by atomic mass is 19.1. The van der Waals surface area contributed by atoms with E-state index in [2.05, 4.69) is 12.2 Å². The summed E-state index contributed by atoms with van der Waals surface area (Å²) in [5, 5.41) is 8.83. The van der Waals surface area contributed by atoms with E-state index >= 15 is 0 Å². The van der Waals surface area contributed by atoms with Crippen molar-refractivity contribution in [2.45, 2.75) is 6.42 Å². The van der Waals surface area contributed by atoms with Crippen LogP contribution in [0.1, 0.15) is 12.0 Å². The standard InChI is InChI=1S/C18H13FN2O2/c19-13-5-8(7-20)1-4-14(13)21-17(22)15-9-2-3-10(12-6-11(9)12)16(15)18(21)23/h1-5,9-12,15-16H,6H2/t9-,10?,11?,12-,15-,16+/m0/s1. The second kappa shape index (κ2) is 4.08. The molecule has 6 atom stereocenters. The van der Waals surface area contributed by atoms with Crippen molar-refractivity contribution in [2.24, 2.45) is 35.5 Å². The minimum atomic E-state index is -0.699. The largest absolute Gasteiger partial charge is 0.274 e. The number of nitrogens with zero attached hydrogens (tertiary/aromatic N) is 2. The Hall–Kier alpha value is -2.48. The molecule has 1 aromatic rings. The molecule has 2 amide bonds. The second-order valence-electron chi connectivity index (χ2n) is 6.94. The van der Waals surface area contributed by atoms with Crippen LogP contribution >= 0.6 is 0 Å². The van der Waals surface area contributed by atoms with E-state index in [0.717, 1.165) is 17.4 Å². The van der Waals surface area contributed by atoms with Crippen LogP contribution in [0, 0.1) is 52.7 Å². The predicted molar refractivity (Wildman–Crippen MR) is 78.3 cm³/mol. The first-order chi connectivity index (χ1) is 11.1. The number of carbonyl (C=O) groups excluding carboxylic acids is 2. The number of nitriles is 1. The first-order valence-electron chi connectivity index (χ1n) is 7.87. The fourth-order valence-electron chi connectivity index (χ4n) is 4.95. The Morgan fingerprint density at radius 2 is 1.70 bits per heavy atom. The van der Waals surface area contributed by atoms with Crippen molar-refractivity contribution < 1.29 is 14.0 Å². The van der Waals surface area contributed by atoms with Gasteiger partial charge in [-0.1, -0.05) is 12.2 Å². The summed E-state index contributed by atoms with van der Waals surface area (Å²) < 4.78 is 14.3. The number of anilines is 1. The molecule has 114 valence electrons. The van der Waals surface area contributed by atoms with Gasteiger partial charge in [-0.15, -0.1) is 0 Å². The Morgan fingerprint density at radius 1 is 1.09 bits per heavy atom. The molecule has 2 bridgehead atoms. The first kappa shape index (κ1) is 13.0. The molecule has 4 aliphatic carbocycles. The van der Waals surface area contributed by atoms with Gasteiger partial charge in [0.15, 0.2) is 0 Å². The Kier molecular flexibility index (Phi) is 2.31. The van der Waals surface area contributed by atoms with Crippen molar-refractivity contribution >= 4 is 17.5 Å². The molecule has 1 saturated heterocycles. The summed E-state index contributed by atoms with van der Waals surface area (Å²) >= 11 is 0. The maximum atomic E-state index is 14.3. The SMILES string of the molecule is N#Cc1ccc(N2C(=O)[C@@H]3[C@H](C2=O)C2C=C[C@H]3C3C[C@@H]23)c(F)c1. The van der Waals surface area contributed by atoms with Gasteiger partial charge in [0.2, 0.25) is 11.8 Å². The number of rotatable bonds is 1. The topological polar surface area (TPSA) is 61.2 Å². The van der Waals surface area contributed by atoms with Crippen LogP contribution in [-0.4, -0.2) is 11.8 Å². The number of imide groups is 1. The van der Waals surface area contributed by atoms with Crippen molar-refractivity contribution in [3.8, 4) is 6.07 Å². The highest BCUT2D eigenvalue weighted by molar-refractivity contribution is 6.22. The summed E-state index contributed by atoms with van der Waals surface area (Å²) in [5.74, 6) is -0.651. The lowest BCUT2D eigenvalue weighted by atomic mass is 9.63. The van der Waals surface area contributed by atoms with Gasteiger partial charge in [-0.2, -0.15) is 5.26 Å². The normalized spacial score (nSPS) is 39.2. The third-order valence-corrected chi connectivity index (χ3v) is 5.98. The van der Waals surface area contributed by atoms with Gasteiger partial charge in [0.1, 0.15) is 5.82 Å². The Labute approximate surface area is 132 Å². The fourth-order valence-corrected chi connectivity index (χ4v) is 4.95. The molecule has 5 aliphatic rings. The van der Waals surface area contributed by atoms with Gasteiger partial charge in [-0.25, -0.2) is 9.29 Å². The van der Waals surface area contributed by atoms with E-state index in [1.54, 1.807) is 0 Å². The summed E-state index contributed by atoms with van der Waals surface area (Å²) in [7, 11) is 0. The van der Waals surface area contributed by atoms with Crippen molar-refractivity contribution in [2.75, 3.05) is 4.90 Å². The lowest BCUT2D eigenvalue weighted by molar-refractivity contribution is -0.124. The number of carbonyl (C=O) groups is 2. The van der Waals surface area contributed by atoms with Crippen LogP contribution in [-0.2, 0) is 9.59 Å². The maximum Gasteiger partial charge on any atom is 0.238 e. The van der Waals surface area contributed by atoms with Gasteiger partial charge >= 0.3 is 0 Å². The molecule has 5 heteroatoms. The summed E-state index contributed by atoms with van der Waals surface area (Å²) in [6.45, 7) is 0. The van der Waals surface area contributed by atoms with E-state index in [0.29, 0.717) is 11.8 Å². The predicted octanol–water partition coefficient (Wildman–Crippen LogP) is 2.25. The lowest BCUT2D eigenvalue weighted by Crippen LogP contribution is -2.40. The Balaban J connectivity index is 1.58. The van der Waals surface area contributed by atoms with E-state index in [1.807, 2.05) is 6.07 Å². The average molecular weight is 308 g/mol. The second-order valence-corrected chi connectivity index (χ2v) is 6.94. The lowest BCUT2D eigenvalue weighted by Gasteiger charge is -2.37. The molecule has 1 heterocycles. The third kappa shape index (κ3) is 1.49. The fraction of sp³-hybridized carbons (Fsp3) is 0.389. The molecular weight excluding hydrogens is 295 g/mol. The van der Waals surface area contributed by atoms with Gasteiger partial charge < -0.3 is 0 Å².